The summed E-state index contributed by atoms with van der Waals surface area (Å²) in [4.78, 5) is 32.7. The number of carbonyl (C=O) groups is 2. The molecule has 6 heteroatoms. The number of amides is 2. The number of nitrogens with zero attached hydrogens (tertiary/aromatic N) is 3. The molecule has 2 heterocycles. The second kappa shape index (κ2) is 7.42. The molecule has 0 aliphatic carbocycles. The second-order valence-electron chi connectivity index (χ2n) is 6.13. The van der Waals surface area contributed by atoms with Crippen molar-refractivity contribution in [3.8, 4) is 0 Å². The number of pyridine rings is 1. The van der Waals surface area contributed by atoms with Crippen LogP contribution in [0, 0.1) is 12.7 Å². The predicted octanol–water partition coefficient (Wildman–Crippen LogP) is 2.52. The lowest BCUT2D eigenvalue weighted by Crippen LogP contribution is -2.37. The quantitative estimate of drug-likeness (QED) is 0.843. The highest BCUT2D eigenvalue weighted by Gasteiger charge is 2.23. The average molecular weight is 341 g/mol. The molecule has 1 aromatic heterocycles. The highest BCUT2D eigenvalue weighted by atomic mass is 19.1. The molecule has 25 heavy (non-hydrogen) atoms. The molecule has 3 rings (SSSR count). The molecule has 0 radical (unpaired) electrons. The molecule has 0 spiro atoms. The summed E-state index contributed by atoms with van der Waals surface area (Å²) in [7, 11) is 0. The normalized spacial score (nSPS) is 15.0. The predicted molar refractivity (Wildman–Crippen MR) is 91.8 cm³/mol. The van der Waals surface area contributed by atoms with Crippen LogP contribution in [0.15, 0.2) is 42.6 Å². The molecule has 1 aliphatic rings. The minimum absolute atomic E-state index is 0.0504. The molecule has 1 fully saturated rings. The molecule has 2 aromatic rings. The summed E-state index contributed by atoms with van der Waals surface area (Å²) < 4.78 is 13.3. The highest BCUT2D eigenvalue weighted by Crippen LogP contribution is 2.13. The summed E-state index contributed by atoms with van der Waals surface area (Å²) in [6.07, 6.45) is 2.32. The van der Waals surface area contributed by atoms with Gasteiger partial charge in [-0.25, -0.2) is 4.39 Å². The summed E-state index contributed by atoms with van der Waals surface area (Å²) in [5, 5.41) is 0. The van der Waals surface area contributed by atoms with Crippen molar-refractivity contribution >= 4 is 11.8 Å². The van der Waals surface area contributed by atoms with Gasteiger partial charge in [0, 0.05) is 49.2 Å². The molecule has 1 aromatic carbocycles. The summed E-state index contributed by atoms with van der Waals surface area (Å²) in [5.74, 6) is -0.676. The maximum absolute atomic E-state index is 13.3. The minimum atomic E-state index is -0.425. The lowest BCUT2D eigenvalue weighted by atomic mass is 10.2. The smallest absolute Gasteiger partial charge is 0.254 e. The van der Waals surface area contributed by atoms with Crippen LogP contribution in [0.3, 0.4) is 0 Å². The van der Waals surface area contributed by atoms with Gasteiger partial charge in [-0.15, -0.1) is 0 Å². The van der Waals surface area contributed by atoms with E-state index < -0.39 is 5.82 Å². The largest absolute Gasteiger partial charge is 0.337 e. The molecule has 2 amide bonds. The Labute approximate surface area is 146 Å². The average Bonchev–Trinajstić information content (AvgIpc) is 2.86. The van der Waals surface area contributed by atoms with Gasteiger partial charge < -0.3 is 9.80 Å². The Hall–Kier alpha value is -2.76. The molecular weight excluding hydrogens is 321 g/mol. The van der Waals surface area contributed by atoms with Gasteiger partial charge in [-0.3, -0.25) is 14.6 Å². The van der Waals surface area contributed by atoms with E-state index in [2.05, 4.69) is 4.98 Å². The fourth-order valence-electron chi connectivity index (χ4n) is 2.99. The van der Waals surface area contributed by atoms with Crippen molar-refractivity contribution < 1.29 is 14.0 Å². The zero-order valence-corrected chi connectivity index (χ0v) is 14.1. The van der Waals surface area contributed by atoms with Crippen LogP contribution < -0.4 is 0 Å². The molecule has 0 bridgehead atoms. The van der Waals surface area contributed by atoms with Gasteiger partial charge >= 0.3 is 0 Å². The molecule has 0 N–H and O–H groups in total. The molecule has 5 nitrogen and oxygen atoms in total. The van der Waals surface area contributed by atoms with Crippen molar-refractivity contribution in [3.05, 3.63) is 65.2 Å². The molecule has 1 saturated heterocycles. The number of benzene rings is 1. The number of hydrogen-bond donors (Lipinski definition) is 0. The molecule has 0 saturated carbocycles. The van der Waals surface area contributed by atoms with E-state index in [0.29, 0.717) is 43.7 Å². The molecule has 130 valence electrons. The van der Waals surface area contributed by atoms with Gasteiger partial charge in [-0.1, -0.05) is 6.07 Å². The van der Waals surface area contributed by atoms with E-state index in [0.717, 1.165) is 5.69 Å². The first kappa shape index (κ1) is 17.1. The van der Waals surface area contributed by atoms with Crippen molar-refractivity contribution in [2.45, 2.75) is 13.3 Å². The maximum atomic E-state index is 13.3. The van der Waals surface area contributed by atoms with E-state index in [-0.39, 0.29) is 11.8 Å². The van der Waals surface area contributed by atoms with E-state index in [9.17, 15) is 14.0 Å². The van der Waals surface area contributed by atoms with Crippen LogP contribution in [0.4, 0.5) is 4.39 Å². The van der Waals surface area contributed by atoms with E-state index in [1.807, 2.05) is 6.92 Å². The Morgan fingerprint density at radius 2 is 1.60 bits per heavy atom. The summed E-state index contributed by atoms with van der Waals surface area (Å²) >= 11 is 0. The molecule has 0 unspecified atom stereocenters. The Morgan fingerprint density at radius 3 is 2.20 bits per heavy atom. The topological polar surface area (TPSA) is 53.5 Å². The van der Waals surface area contributed by atoms with Gasteiger partial charge in [0.05, 0.1) is 0 Å². The molecular formula is C19H20FN3O2. The van der Waals surface area contributed by atoms with Crippen molar-refractivity contribution in [3.63, 3.8) is 0 Å². The SMILES string of the molecule is Cc1cc(C(=O)N2CCCN(C(=O)c3cccc(F)c3)CC2)ccn1. The molecule has 0 atom stereocenters. The van der Waals surface area contributed by atoms with E-state index >= 15 is 0 Å². The first-order valence-electron chi connectivity index (χ1n) is 8.31. The van der Waals surface area contributed by atoms with Crippen LogP contribution in [0.25, 0.3) is 0 Å². The van der Waals surface area contributed by atoms with E-state index in [1.54, 1.807) is 34.2 Å². The van der Waals surface area contributed by atoms with Gasteiger partial charge in [0.15, 0.2) is 0 Å². The lowest BCUT2D eigenvalue weighted by molar-refractivity contribution is 0.0718. The van der Waals surface area contributed by atoms with Gasteiger partial charge in [0.25, 0.3) is 11.8 Å². The fraction of sp³-hybridized carbons (Fsp3) is 0.316. The van der Waals surface area contributed by atoms with Crippen molar-refractivity contribution in [1.29, 1.82) is 0 Å². The number of halogens is 1. The summed E-state index contributed by atoms with van der Waals surface area (Å²) in [6.45, 7) is 3.88. The number of rotatable bonds is 2. The van der Waals surface area contributed by atoms with Crippen LogP contribution in [-0.4, -0.2) is 52.8 Å². The number of aryl methyl sites for hydroxylation is 1. The Morgan fingerprint density at radius 1 is 0.960 bits per heavy atom. The fourth-order valence-corrected chi connectivity index (χ4v) is 2.99. The number of hydrogen-bond acceptors (Lipinski definition) is 3. The van der Waals surface area contributed by atoms with Crippen molar-refractivity contribution in [2.24, 2.45) is 0 Å². The third kappa shape index (κ3) is 4.02. The van der Waals surface area contributed by atoms with Crippen LogP contribution in [0.2, 0.25) is 0 Å². The minimum Gasteiger partial charge on any atom is -0.337 e. The van der Waals surface area contributed by atoms with E-state index in [1.165, 1.54) is 18.2 Å². The molecule has 1 aliphatic heterocycles. The Bertz CT molecular complexity index is 728. The standard InChI is InChI=1S/C19H20FN3O2/c1-14-12-16(6-7-21-14)19(25)23-9-3-8-22(10-11-23)18(24)15-4-2-5-17(20)13-15/h2,4-7,12-13H,3,8-11H2,1H3. The van der Waals surface area contributed by atoms with Crippen LogP contribution in [0.1, 0.15) is 32.8 Å². The monoisotopic (exact) mass is 341 g/mol. The zero-order valence-electron chi connectivity index (χ0n) is 14.1. The first-order chi connectivity index (χ1) is 12.0. The highest BCUT2D eigenvalue weighted by molar-refractivity contribution is 5.95. The zero-order chi connectivity index (χ0) is 17.8. The third-order valence-corrected chi connectivity index (χ3v) is 4.29. The second-order valence-corrected chi connectivity index (χ2v) is 6.13. The van der Waals surface area contributed by atoms with Gasteiger partial charge in [0.1, 0.15) is 5.82 Å². The third-order valence-electron chi connectivity index (χ3n) is 4.29. The number of aromatic nitrogens is 1. The Balaban J connectivity index is 1.68. The first-order valence-corrected chi connectivity index (χ1v) is 8.31. The van der Waals surface area contributed by atoms with E-state index in [4.69, 9.17) is 0 Å². The number of carbonyl (C=O) groups excluding carboxylic acids is 2. The Kier molecular flexibility index (Phi) is 5.07. The van der Waals surface area contributed by atoms with Crippen molar-refractivity contribution in [1.82, 2.24) is 14.8 Å². The van der Waals surface area contributed by atoms with Gasteiger partial charge in [0.2, 0.25) is 0 Å². The maximum Gasteiger partial charge on any atom is 0.254 e. The summed E-state index contributed by atoms with van der Waals surface area (Å²) in [5.41, 5.74) is 1.74. The summed E-state index contributed by atoms with van der Waals surface area (Å²) in [6, 6.07) is 9.17. The van der Waals surface area contributed by atoms with Gasteiger partial charge in [-0.2, -0.15) is 0 Å². The van der Waals surface area contributed by atoms with Gasteiger partial charge in [-0.05, 0) is 43.7 Å². The van der Waals surface area contributed by atoms with Crippen LogP contribution in [0.5, 0.6) is 0 Å². The lowest BCUT2D eigenvalue weighted by Gasteiger charge is -2.22. The van der Waals surface area contributed by atoms with Crippen LogP contribution in [-0.2, 0) is 0 Å². The van der Waals surface area contributed by atoms with Crippen molar-refractivity contribution in [2.75, 3.05) is 26.2 Å². The van der Waals surface area contributed by atoms with Crippen LogP contribution >= 0.6 is 0 Å².